The fourth-order valence-corrected chi connectivity index (χ4v) is 3.99. The highest BCUT2D eigenvalue weighted by Gasteiger charge is 2.27. The fourth-order valence-electron chi connectivity index (χ4n) is 2.91. The lowest BCUT2D eigenvalue weighted by molar-refractivity contribution is 0.105. The summed E-state index contributed by atoms with van der Waals surface area (Å²) in [7, 11) is -4.10. The fraction of sp³-hybridized carbons (Fsp3) is 0.185. The Kier molecular flexibility index (Phi) is 6.83. The molecule has 3 aromatic rings. The van der Waals surface area contributed by atoms with Gasteiger partial charge in [-0.25, -0.2) is 0 Å². The van der Waals surface area contributed by atoms with Crippen molar-refractivity contribution in [1.29, 1.82) is 0 Å². The highest BCUT2D eigenvalue weighted by molar-refractivity contribution is 7.86. The lowest BCUT2D eigenvalue weighted by Crippen LogP contribution is -2.17. The summed E-state index contributed by atoms with van der Waals surface area (Å²) in [5.74, 6) is -0.212. The summed E-state index contributed by atoms with van der Waals surface area (Å²) in [6.45, 7) is 7.32. The zero-order valence-corrected chi connectivity index (χ0v) is 19.4. The van der Waals surface area contributed by atoms with Crippen LogP contribution in [0.25, 0.3) is 5.57 Å². The minimum atomic E-state index is -4.10. The molecule has 0 bridgehead atoms. The van der Waals surface area contributed by atoms with E-state index >= 15 is 0 Å². The van der Waals surface area contributed by atoms with Crippen molar-refractivity contribution in [1.82, 2.24) is 0 Å². The molecule has 0 atom stereocenters. The lowest BCUT2D eigenvalue weighted by atomic mass is 9.91. The van der Waals surface area contributed by atoms with Gasteiger partial charge in [-0.2, -0.15) is 8.42 Å². The minimum Gasteiger partial charge on any atom is -0.374 e. The summed E-state index contributed by atoms with van der Waals surface area (Å²) in [4.78, 5) is 13.4. The predicted molar refractivity (Wildman–Crippen MR) is 127 cm³/mol. The van der Waals surface area contributed by atoms with Gasteiger partial charge in [-0.15, -0.1) is 0 Å². The second-order valence-corrected chi connectivity index (χ2v) is 10.0. The number of carbonyl (C=O) groups excluding carboxylic acids is 1. The molecule has 0 aliphatic carbocycles. The Bertz CT molecular complexity index is 1260. The van der Waals surface area contributed by atoms with Gasteiger partial charge in [0.2, 0.25) is 5.78 Å². The van der Waals surface area contributed by atoms with Gasteiger partial charge in [0.05, 0.1) is 5.57 Å². The molecule has 3 rings (SSSR count). The zero-order valence-electron chi connectivity index (χ0n) is 18.6. The first-order chi connectivity index (χ1) is 15.1. The van der Waals surface area contributed by atoms with Crippen molar-refractivity contribution in [2.75, 3.05) is 0 Å². The normalized spacial score (nSPS) is 11.4. The quantitative estimate of drug-likeness (QED) is 0.149. The highest BCUT2D eigenvalue weighted by Crippen LogP contribution is 2.31. The summed E-state index contributed by atoms with van der Waals surface area (Å²) < 4.78 is 31.5. The van der Waals surface area contributed by atoms with Crippen LogP contribution in [-0.4, -0.2) is 14.2 Å². The van der Waals surface area contributed by atoms with Gasteiger partial charge >= 0.3 is 10.1 Å². The number of ketones is 1. The number of hydrogen-bond donors (Lipinski definition) is 0. The van der Waals surface area contributed by atoms with Crippen molar-refractivity contribution in [3.05, 3.63) is 113 Å². The van der Waals surface area contributed by atoms with Gasteiger partial charge in [0.15, 0.2) is 5.76 Å². The summed E-state index contributed by atoms with van der Waals surface area (Å²) >= 11 is 0. The van der Waals surface area contributed by atoms with E-state index in [0.717, 1.165) is 5.56 Å². The Morgan fingerprint density at radius 2 is 1.28 bits per heavy atom. The second-order valence-electron chi connectivity index (χ2n) is 8.49. The molecule has 0 unspecified atom stereocenters. The van der Waals surface area contributed by atoms with Gasteiger partial charge in [0.1, 0.15) is 4.90 Å². The van der Waals surface area contributed by atoms with Gasteiger partial charge in [-0.1, -0.05) is 105 Å². The Morgan fingerprint density at radius 3 is 1.78 bits per heavy atom. The standard InChI is InChI=1S/C27H26O4S/c1-20-15-17-23(18-16-20)32(29,30)31-25(27(2,3)4)19-24(21-11-7-5-8-12-21)26(28)22-13-9-6-10-14-22/h5-18H,1-4H3. The monoisotopic (exact) mass is 446 g/mol. The summed E-state index contributed by atoms with van der Waals surface area (Å²) in [6, 6.07) is 24.3. The number of benzene rings is 3. The molecule has 164 valence electrons. The molecular weight excluding hydrogens is 420 g/mol. The molecule has 0 aliphatic rings. The molecule has 0 amide bonds. The van der Waals surface area contributed by atoms with Crippen LogP contribution >= 0.6 is 0 Å². The van der Waals surface area contributed by atoms with Crippen LogP contribution in [-0.2, 0) is 14.3 Å². The van der Waals surface area contributed by atoms with E-state index in [2.05, 4.69) is 5.73 Å². The third-order valence-electron chi connectivity index (χ3n) is 4.75. The molecule has 0 saturated heterocycles. The Hall–Kier alpha value is -3.40. The van der Waals surface area contributed by atoms with Gasteiger partial charge in [0, 0.05) is 11.0 Å². The maximum atomic E-state index is 13.4. The van der Waals surface area contributed by atoms with Crippen LogP contribution in [0, 0.1) is 12.3 Å². The van der Waals surface area contributed by atoms with E-state index in [-0.39, 0.29) is 22.0 Å². The second kappa shape index (κ2) is 9.39. The molecular formula is C27H26O4S. The van der Waals surface area contributed by atoms with E-state index < -0.39 is 15.5 Å². The van der Waals surface area contributed by atoms with E-state index in [9.17, 15) is 13.2 Å². The highest BCUT2D eigenvalue weighted by atomic mass is 32.2. The number of hydrogen-bond acceptors (Lipinski definition) is 4. The Balaban J connectivity index is 2.21. The van der Waals surface area contributed by atoms with Crippen molar-refractivity contribution in [2.24, 2.45) is 5.41 Å². The molecule has 0 aromatic heterocycles. The molecule has 0 spiro atoms. The van der Waals surface area contributed by atoms with Crippen LogP contribution in [0.3, 0.4) is 0 Å². The van der Waals surface area contributed by atoms with E-state index in [1.165, 1.54) is 12.1 Å². The minimum absolute atomic E-state index is 0.0438. The molecule has 0 heterocycles. The van der Waals surface area contributed by atoms with Crippen LogP contribution in [0.5, 0.6) is 0 Å². The predicted octanol–water partition coefficient (Wildman–Crippen LogP) is 6.20. The van der Waals surface area contributed by atoms with Crippen LogP contribution < -0.4 is 0 Å². The molecule has 0 radical (unpaired) electrons. The third kappa shape index (κ3) is 5.64. The first kappa shape index (κ1) is 23.3. The average molecular weight is 447 g/mol. The molecule has 4 nitrogen and oxygen atoms in total. The number of rotatable bonds is 6. The molecule has 0 aliphatic heterocycles. The molecule has 0 fully saturated rings. The van der Waals surface area contributed by atoms with Crippen LogP contribution in [0.4, 0.5) is 0 Å². The van der Waals surface area contributed by atoms with E-state index in [4.69, 9.17) is 4.18 Å². The summed E-state index contributed by atoms with van der Waals surface area (Å²) in [5.41, 5.74) is 4.58. The van der Waals surface area contributed by atoms with E-state index in [0.29, 0.717) is 11.1 Å². The molecule has 0 saturated carbocycles. The summed E-state index contributed by atoms with van der Waals surface area (Å²) in [5, 5.41) is 0. The smallest absolute Gasteiger partial charge is 0.339 e. The van der Waals surface area contributed by atoms with Crippen LogP contribution in [0.2, 0.25) is 0 Å². The number of aryl methyl sites for hydroxylation is 1. The third-order valence-corrected chi connectivity index (χ3v) is 5.98. The van der Waals surface area contributed by atoms with Crippen molar-refractivity contribution < 1.29 is 17.4 Å². The van der Waals surface area contributed by atoms with Crippen LogP contribution in [0.15, 0.2) is 101 Å². The van der Waals surface area contributed by atoms with Gasteiger partial charge in [-0.05, 0) is 24.6 Å². The van der Waals surface area contributed by atoms with Crippen molar-refractivity contribution in [3.8, 4) is 0 Å². The SMILES string of the molecule is Cc1ccc(S(=O)(=O)OC(=C=C(C(=O)c2ccccc2)c2ccccc2)C(C)(C)C)cc1. The summed E-state index contributed by atoms with van der Waals surface area (Å²) in [6.07, 6.45) is 0. The van der Waals surface area contributed by atoms with Crippen molar-refractivity contribution in [3.63, 3.8) is 0 Å². The number of allylic oxidation sites excluding steroid dienone is 1. The molecule has 32 heavy (non-hydrogen) atoms. The Labute approximate surface area is 190 Å². The topological polar surface area (TPSA) is 60.4 Å². The van der Waals surface area contributed by atoms with Gasteiger partial charge < -0.3 is 4.18 Å². The average Bonchev–Trinajstić information content (AvgIpc) is 2.77. The molecule has 5 heteroatoms. The Morgan fingerprint density at radius 1 is 0.781 bits per heavy atom. The molecule has 0 N–H and O–H groups in total. The zero-order chi connectivity index (χ0) is 23.4. The lowest BCUT2D eigenvalue weighted by Gasteiger charge is -2.21. The maximum Gasteiger partial charge on any atom is 0.339 e. The number of Topliss-reactive ketones (excluding diaryl/α,β-unsaturated/α-hetero) is 1. The largest absolute Gasteiger partial charge is 0.374 e. The number of carbonyl (C=O) groups is 1. The van der Waals surface area contributed by atoms with E-state index in [1.807, 2.05) is 52.0 Å². The van der Waals surface area contributed by atoms with Crippen molar-refractivity contribution >= 4 is 21.5 Å². The first-order valence-corrected chi connectivity index (χ1v) is 11.7. The van der Waals surface area contributed by atoms with Crippen LogP contribution in [0.1, 0.15) is 42.3 Å². The first-order valence-electron chi connectivity index (χ1n) is 10.3. The van der Waals surface area contributed by atoms with Crippen molar-refractivity contribution in [2.45, 2.75) is 32.6 Å². The van der Waals surface area contributed by atoms with Gasteiger partial charge in [-0.3, -0.25) is 4.79 Å². The molecule has 3 aromatic carbocycles. The maximum absolute atomic E-state index is 13.4. The van der Waals surface area contributed by atoms with Gasteiger partial charge in [0.25, 0.3) is 0 Å². The van der Waals surface area contributed by atoms with E-state index in [1.54, 1.807) is 48.5 Å².